The number of H-pyrrole nitrogens is 1. The SMILES string of the molecule is CCOC(=O)C(Cc1c[nH]c2cc(OCCCO)ccc12)c1ccccc1. The van der Waals surface area contributed by atoms with E-state index in [-0.39, 0.29) is 18.5 Å². The van der Waals surface area contributed by atoms with Crippen molar-refractivity contribution in [2.45, 2.75) is 25.7 Å². The zero-order valence-electron chi connectivity index (χ0n) is 15.5. The predicted molar refractivity (Wildman–Crippen MR) is 105 cm³/mol. The molecule has 142 valence electrons. The van der Waals surface area contributed by atoms with E-state index in [0.717, 1.165) is 27.8 Å². The van der Waals surface area contributed by atoms with E-state index < -0.39 is 0 Å². The maximum Gasteiger partial charge on any atom is 0.313 e. The molecule has 0 amide bonds. The van der Waals surface area contributed by atoms with Gasteiger partial charge in [-0.05, 0) is 36.6 Å². The number of carbonyl (C=O) groups excluding carboxylic acids is 1. The molecule has 0 radical (unpaired) electrons. The van der Waals surface area contributed by atoms with E-state index in [0.29, 0.717) is 26.1 Å². The molecule has 0 saturated heterocycles. The van der Waals surface area contributed by atoms with Gasteiger partial charge in [-0.25, -0.2) is 0 Å². The Morgan fingerprint density at radius 3 is 2.74 bits per heavy atom. The Labute approximate surface area is 158 Å². The minimum absolute atomic E-state index is 0.115. The van der Waals surface area contributed by atoms with Crippen molar-refractivity contribution in [1.29, 1.82) is 0 Å². The summed E-state index contributed by atoms with van der Waals surface area (Å²) in [5.74, 6) is 0.210. The van der Waals surface area contributed by atoms with Crippen LogP contribution in [-0.4, -0.2) is 35.9 Å². The second kappa shape index (κ2) is 9.24. The molecular formula is C22H25NO4. The number of aliphatic hydroxyl groups excluding tert-OH is 1. The molecule has 3 rings (SSSR count). The number of aromatic nitrogens is 1. The summed E-state index contributed by atoms with van der Waals surface area (Å²) in [5.41, 5.74) is 2.98. The molecule has 5 nitrogen and oxygen atoms in total. The fourth-order valence-corrected chi connectivity index (χ4v) is 3.16. The molecule has 0 aliphatic heterocycles. The lowest BCUT2D eigenvalue weighted by Gasteiger charge is -2.15. The van der Waals surface area contributed by atoms with Crippen LogP contribution in [0.5, 0.6) is 5.75 Å². The van der Waals surface area contributed by atoms with Crippen LogP contribution in [0.4, 0.5) is 0 Å². The number of aliphatic hydroxyl groups is 1. The van der Waals surface area contributed by atoms with Gasteiger partial charge in [-0.3, -0.25) is 4.79 Å². The van der Waals surface area contributed by atoms with Crippen LogP contribution in [0.2, 0.25) is 0 Å². The Bertz CT molecular complexity index is 872. The fraction of sp³-hybridized carbons (Fsp3) is 0.318. The van der Waals surface area contributed by atoms with Gasteiger partial charge in [-0.2, -0.15) is 0 Å². The molecule has 5 heteroatoms. The third-order valence-corrected chi connectivity index (χ3v) is 4.51. The van der Waals surface area contributed by atoms with Gasteiger partial charge in [-0.15, -0.1) is 0 Å². The molecule has 2 aromatic carbocycles. The van der Waals surface area contributed by atoms with E-state index in [1.54, 1.807) is 0 Å². The van der Waals surface area contributed by atoms with Gasteiger partial charge in [0.25, 0.3) is 0 Å². The van der Waals surface area contributed by atoms with E-state index in [4.69, 9.17) is 14.6 Å². The summed E-state index contributed by atoms with van der Waals surface area (Å²) in [6.07, 6.45) is 3.11. The summed E-state index contributed by atoms with van der Waals surface area (Å²) in [5, 5.41) is 9.92. The Kier molecular flexibility index (Phi) is 6.49. The average Bonchev–Trinajstić information content (AvgIpc) is 3.09. The smallest absolute Gasteiger partial charge is 0.313 e. The van der Waals surface area contributed by atoms with E-state index in [1.165, 1.54) is 0 Å². The van der Waals surface area contributed by atoms with Crippen molar-refractivity contribution in [3.05, 3.63) is 65.9 Å². The van der Waals surface area contributed by atoms with E-state index in [9.17, 15) is 4.79 Å². The summed E-state index contributed by atoms with van der Waals surface area (Å²) in [4.78, 5) is 15.8. The molecule has 0 bridgehead atoms. The van der Waals surface area contributed by atoms with Gasteiger partial charge in [0.05, 0.1) is 19.1 Å². The Hall–Kier alpha value is -2.79. The van der Waals surface area contributed by atoms with Crippen LogP contribution in [0.3, 0.4) is 0 Å². The summed E-state index contributed by atoms with van der Waals surface area (Å²) in [6.45, 7) is 2.78. The molecule has 0 aliphatic carbocycles. The summed E-state index contributed by atoms with van der Waals surface area (Å²) < 4.78 is 10.9. The number of rotatable bonds is 9. The van der Waals surface area contributed by atoms with Crippen molar-refractivity contribution in [3.63, 3.8) is 0 Å². The molecule has 1 unspecified atom stereocenters. The Morgan fingerprint density at radius 2 is 2.00 bits per heavy atom. The molecule has 2 N–H and O–H groups in total. The molecule has 0 aliphatic rings. The van der Waals surface area contributed by atoms with Crippen molar-refractivity contribution in [2.24, 2.45) is 0 Å². The third-order valence-electron chi connectivity index (χ3n) is 4.51. The Morgan fingerprint density at radius 1 is 1.19 bits per heavy atom. The van der Waals surface area contributed by atoms with Crippen molar-refractivity contribution in [3.8, 4) is 5.75 Å². The third kappa shape index (κ3) is 4.68. The first-order chi connectivity index (χ1) is 13.2. The number of hydrogen-bond acceptors (Lipinski definition) is 4. The van der Waals surface area contributed by atoms with Crippen molar-refractivity contribution < 1.29 is 19.4 Å². The highest BCUT2D eigenvalue weighted by Gasteiger charge is 2.23. The molecule has 1 aromatic heterocycles. The van der Waals surface area contributed by atoms with Crippen molar-refractivity contribution >= 4 is 16.9 Å². The number of hydrogen-bond donors (Lipinski definition) is 2. The second-order valence-corrected chi connectivity index (χ2v) is 6.37. The first kappa shape index (κ1) is 19.0. The first-order valence-corrected chi connectivity index (χ1v) is 9.28. The number of aromatic amines is 1. The molecule has 27 heavy (non-hydrogen) atoms. The van der Waals surface area contributed by atoms with Crippen LogP contribution in [0.15, 0.2) is 54.7 Å². The maximum absolute atomic E-state index is 12.5. The van der Waals surface area contributed by atoms with Crippen LogP contribution in [0, 0.1) is 0 Å². The molecule has 0 saturated carbocycles. The van der Waals surface area contributed by atoms with Gasteiger partial charge in [-0.1, -0.05) is 30.3 Å². The minimum Gasteiger partial charge on any atom is -0.493 e. The standard InChI is InChI=1S/C22H25NO4/c1-2-26-22(25)20(16-7-4-3-5-8-16)13-17-15-23-21-14-18(9-10-19(17)21)27-12-6-11-24/h3-5,7-10,14-15,20,23-24H,2,6,11-13H2,1H3. The predicted octanol–water partition coefficient (Wildman–Crippen LogP) is 3.82. The van der Waals surface area contributed by atoms with E-state index in [1.807, 2.05) is 61.7 Å². The highest BCUT2D eigenvalue weighted by atomic mass is 16.5. The molecule has 0 spiro atoms. The fourth-order valence-electron chi connectivity index (χ4n) is 3.16. The highest BCUT2D eigenvalue weighted by molar-refractivity contribution is 5.86. The summed E-state index contributed by atoms with van der Waals surface area (Å²) >= 11 is 0. The van der Waals surface area contributed by atoms with Gasteiger partial charge >= 0.3 is 5.97 Å². The number of carbonyl (C=O) groups is 1. The van der Waals surface area contributed by atoms with Gasteiger partial charge in [0.2, 0.25) is 0 Å². The number of ether oxygens (including phenoxy) is 2. The number of esters is 1. The van der Waals surface area contributed by atoms with Gasteiger partial charge in [0, 0.05) is 36.2 Å². The number of nitrogens with one attached hydrogen (secondary N) is 1. The van der Waals surface area contributed by atoms with Gasteiger partial charge < -0.3 is 19.6 Å². The molecule has 0 fully saturated rings. The lowest BCUT2D eigenvalue weighted by Crippen LogP contribution is -2.18. The van der Waals surface area contributed by atoms with Crippen LogP contribution >= 0.6 is 0 Å². The Balaban J connectivity index is 1.83. The van der Waals surface area contributed by atoms with E-state index in [2.05, 4.69) is 4.98 Å². The summed E-state index contributed by atoms with van der Waals surface area (Å²) in [7, 11) is 0. The van der Waals surface area contributed by atoms with Crippen LogP contribution < -0.4 is 4.74 Å². The largest absolute Gasteiger partial charge is 0.493 e. The average molecular weight is 367 g/mol. The monoisotopic (exact) mass is 367 g/mol. The first-order valence-electron chi connectivity index (χ1n) is 9.28. The second-order valence-electron chi connectivity index (χ2n) is 6.37. The summed E-state index contributed by atoms with van der Waals surface area (Å²) in [6, 6.07) is 15.6. The van der Waals surface area contributed by atoms with Crippen LogP contribution in [0.25, 0.3) is 10.9 Å². The lowest BCUT2D eigenvalue weighted by atomic mass is 9.92. The highest BCUT2D eigenvalue weighted by Crippen LogP contribution is 2.29. The van der Waals surface area contributed by atoms with Crippen LogP contribution in [0.1, 0.15) is 30.4 Å². The normalized spacial score (nSPS) is 12.1. The number of fused-ring (bicyclic) bond motifs is 1. The van der Waals surface area contributed by atoms with Crippen molar-refractivity contribution in [1.82, 2.24) is 4.98 Å². The quantitative estimate of drug-likeness (QED) is 0.445. The van der Waals surface area contributed by atoms with Crippen LogP contribution in [-0.2, 0) is 16.0 Å². The molecule has 1 heterocycles. The zero-order chi connectivity index (χ0) is 19.1. The number of benzene rings is 2. The lowest BCUT2D eigenvalue weighted by molar-refractivity contribution is -0.144. The van der Waals surface area contributed by atoms with Gasteiger partial charge in [0.1, 0.15) is 5.75 Å². The molecule has 1 atom stereocenters. The zero-order valence-corrected chi connectivity index (χ0v) is 15.5. The molecule has 3 aromatic rings. The molecular weight excluding hydrogens is 342 g/mol. The topological polar surface area (TPSA) is 71.6 Å². The van der Waals surface area contributed by atoms with E-state index >= 15 is 0 Å². The van der Waals surface area contributed by atoms with Crippen molar-refractivity contribution in [2.75, 3.05) is 19.8 Å². The van der Waals surface area contributed by atoms with Gasteiger partial charge in [0.15, 0.2) is 0 Å². The minimum atomic E-state index is -0.342. The maximum atomic E-state index is 12.5.